The summed E-state index contributed by atoms with van der Waals surface area (Å²) >= 11 is 0. The van der Waals surface area contributed by atoms with E-state index in [9.17, 15) is 9.59 Å². The first-order valence-electron chi connectivity index (χ1n) is 8.24. The van der Waals surface area contributed by atoms with Crippen LogP contribution in [0.15, 0.2) is 24.3 Å². The molecule has 0 fully saturated rings. The number of carbonyl (C=O) groups excluding carboxylic acids is 2. The van der Waals surface area contributed by atoms with Crippen LogP contribution in [0.5, 0.6) is 0 Å². The van der Waals surface area contributed by atoms with Gasteiger partial charge in [-0.15, -0.1) is 0 Å². The van der Waals surface area contributed by atoms with Crippen LogP contribution in [0.4, 0.5) is 5.69 Å². The molecule has 0 saturated heterocycles. The molecule has 0 radical (unpaired) electrons. The van der Waals surface area contributed by atoms with E-state index in [1.165, 1.54) is 0 Å². The van der Waals surface area contributed by atoms with Gasteiger partial charge in [0.1, 0.15) is 0 Å². The van der Waals surface area contributed by atoms with Crippen LogP contribution in [-0.4, -0.2) is 42.4 Å². The summed E-state index contributed by atoms with van der Waals surface area (Å²) in [5.41, 5.74) is 1.96. The fourth-order valence-corrected chi connectivity index (χ4v) is 2.36. The minimum absolute atomic E-state index is 0.0581. The minimum atomic E-state index is -0.0997. The lowest BCUT2D eigenvalue weighted by molar-refractivity contribution is -0.123. The number of hydrogen-bond acceptors (Lipinski definition) is 3. The van der Waals surface area contributed by atoms with Crippen LogP contribution < -0.4 is 10.6 Å². The van der Waals surface area contributed by atoms with Crippen LogP contribution in [0.25, 0.3) is 0 Å². The molecular formula is C18H29N3O2. The molecule has 23 heavy (non-hydrogen) atoms. The zero-order valence-electron chi connectivity index (χ0n) is 14.8. The van der Waals surface area contributed by atoms with Gasteiger partial charge < -0.3 is 10.6 Å². The molecule has 2 N–H and O–H groups in total. The van der Waals surface area contributed by atoms with Crippen LogP contribution in [0, 0.1) is 0 Å². The van der Waals surface area contributed by atoms with Gasteiger partial charge in [-0.05, 0) is 37.9 Å². The Morgan fingerprint density at radius 2 is 1.65 bits per heavy atom. The van der Waals surface area contributed by atoms with Gasteiger partial charge >= 0.3 is 0 Å². The van der Waals surface area contributed by atoms with E-state index in [2.05, 4.69) is 24.5 Å². The Balaban J connectivity index is 2.62. The van der Waals surface area contributed by atoms with Gasteiger partial charge in [0, 0.05) is 11.7 Å². The van der Waals surface area contributed by atoms with E-state index in [1.807, 2.05) is 49.9 Å². The number of amides is 2. The molecule has 1 aromatic rings. The Hall–Kier alpha value is -1.88. The molecule has 1 rings (SSSR count). The summed E-state index contributed by atoms with van der Waals surface area (Å²) in [6.45, 7) is 11.1. The maximum absolute atomic E-state index is 12.3. The van der Waals surface area contributed by atoms with Crippen molar-refractivity contribution in [2.45, 2.75) is 46.6 Å². The zero-order chi connectivity index (χ0) is 17.4. The first-order valence-corrected chi connectivity index (χ1v) is 8.24. The number of hydrogen-bond donors (Lipinski definition) is 2. The average molecular weight is 319 g/mol. The molecule has 2 amide bonds. The van der Waals surface area contributed by atoms with E-state index < -0.39 is 0 Å². The van der Waals surface area contributed by atoms with Crippen LogP contribution in [-0.2, 0) is 9.59 Å². The molecule has 5 heteroatoms. The normalized spacial score (nSPS) is 11.1. The summed E-state index contributed by atoms with van der Waals surface area (Å²) in [4.78, 5) is 25.9. The summed E-state index contributed by atoms with van der Waals surface area (Å²) < 4.78 is 0. The second-order valence-corrected chi connectivity index (χ2v) is 6.32. The minimum Gasteiger partial charge on any atom is -0.353 e. The van der Waals surface area contributed by atoms with Crippen molar-refractivity contribution in [2.24, 2.45) is 0 Å². The molecule has 0 unspecified atom stereocenters. The third-order valence-electron chi connectivity index (χ3n) is 3.49. The predicted molar refractivity (Wildman–Crippen MR) is 94.6 cm³/mol. The number of nitrogens with one attached hydrogen (secondary N) is 2. The first kappa shape index (κ1) is 19.2. The van der Waals surface area contributed by atoms with Crippen LogP contribution in [0.1, 0.15) is 46.1 Å². The van der Waals surface area contributed by atoms with Gasteiger partial charge in [0.2, 0.25) is 11.8 Å². The molecule has 0 heterocycles. The zero-order valence-corrected chi connectivity index (χ0v) is 14.8. The molecule has 5 nitrogen and oxygen atoms in total. The van der Waals surface area contributed by atoms with Crippen molar-refractivity contribution in [2.75, 3.05) is 25.0 Å². The number of rotatable bonds is 8. The summed E-state index contributed by atoms with van der Waals surface area (Å²) in [5.74, 6) is 0.181. The smallest absolute Gasteiger partial charge is 0.238 e. The van der Waals surface area contributed by atoms with E-state index in [0.717, 1.165) is 11.3 Å². The monoisotopic (exact) mass is 319 g/mol. The highest BCUT2D eigenvalue weighted by molar-refractivity contribution is 5.93. The summed E-state index contributed by atoms with van der Waals surface area (Å²) in [6, 6.07) is 7.92. The quantitative estimate of drug-likeness (QED) is 0.774. The standard InChI is InChI=1S/C18H29N3O2/c1-6-21(11-17(22)19-14(4)5)12-18(23)20-16-10-8-7-9-15(16)13(2)3/h7-10,13-14H,6,11-12H2,1-5H3,(H,19,22)(H,20,23). The molecule has 0 spiro atoms. The molecule has 0 aromatic heterocycles. The fourth-order valence-electron chi connectivity index (χ4n) is 2.36. The average Bonchev–Trinajstić information content (AvgIpc) is 2.45. The Labute approximate surface area is 139 Å². The van der Waals surface area contributed by atoms with Crippen molar-refractivity contribution in [3.8, 4) is 0 Å². The van der Waals surface area contributed by atoms with Crippen molar-refractivity contribution in [3.63, 3.8) is 0 Å². The highest BCUT2D eigenvalue weighted by Crippen LogP contribution is 2.23. The number of likely N-dealkylation sites (N-methyl/N-ethyl adjacent to an activating group) is 1. The molecule has 128 valence electrons. The van der Waals surface area contributed by atoms with Gasteiger partial charge in [-0.3, -0.25) is 14.5 Å². The van der Waals surface area contributed by atoms with E-state index in [-0.39, 0.29) is 30.9 Å². The molecule has 0 saturated carbocycles. The Bertz CT molecular complexity index is 527. The van der Waals surface area contributed by atoms with Crippen molar-refractivity contribution >= 4 is 17.5 Å². The molecule has 0 aliphatic carbocycles. The Kier molecular flexibility index (Phi) is 7.75. The van der Waals surface area contributed by atoms with Crippen molar-refractivity contribution in [1.29, 1.82) is 0 Å². The first-order chi connectivity index (χ1) is 10.8. The summed E-state index contributed by atoms with van der Waals surface area (Å²) in [7, 11) is 0. The third-order valence-corrected chi connectivity index (χ3v) is 3.49. The van der Waals surface area contributed by atoms with Crippen LogP contribution >= 0.6 is 0 Å². The Morgan fingerprint density at radius 1 is 1.04 bits per heavy atom. The van der Waals surface area contributed by atoms with E-state index in [4.69, 9.17) is 0 Å². The van der Waals surface area contributed by atoms with Gasteiger partial charge in [0.25, 0.3) is 0 Å². The SMILES string of the molecule is CCN(CC(=O)Nc1ccccc1C(C)C)CC(=O)NC(C)C. The van der Waals surface area contributed by atoms with E-state index >= 15 is 0 Å². The lowest BCUT2D eigenvalue weighted by Gasteiger charge is -2.21. The largest absolute Gasteiger partial charge is 0.353 e. The highest BCUT2D eigenvalue weighted by Gasteiger charge is 2.15. The second-order valence-electron chi connectivity index (χ2n) is 6.32. The van der Waals surface area contributed by atoms with Crippen molar-refractivity contribution < 1.29 is 9.59 Å². The van der Waals surface area contributed by atoms with Crippen molar-refractivity contribution in [3.05, 3.63) is 29.8 Å². The number of anilines is 1. The van der Waals surface area contributed by atoms with Crippen molar-refractivity contribution in [1.82, 2.24) is 10.2 Å². The van der Waals surface area contributed by atoms with E-state index in [1.54, 1.807) is 0 Å². The second kappa shape index (κ2) is 9.30. The molecule has 0 aliphatic heterocycles. The van der Waals surface area contributed by atoms with Crippen LogP contribution in [0.3, 0.4) is 0 Å². The predicted octanol–water partition coefficient (Wildman–Crippen LogP) is 2.60. The third kappa shape index (κ3) is 6.82. The van der Waals surface area contributed by atoms with E-state index in [0.29, 0.717) is 12.5 Å². The van der Waals surface area contributed by atoms with Gasteiger partial charge in [-0.2, -0.15) is 0 Å². The lowest BCUT2D eigenvalue weighted by atomic mass is 10.0. The van der Waals surface area contributed by atoms with Gasteiger partial charge in [0.15, 0.2) is 0 Å². The number of benzene rings is 1. The summed E-state index contributed by atoms with van der Waals surface area (Å²) in [6.07, 6.45) is 0. The molecule has 0 atom stereocenters. The van der Waals surface area contributed by atoms with Crippen LogP contribution in [0.2, 0.25) is 0 Å². The van der Waals surface area contributed by atoms with Gasteiger partial charge in [-0.25, -0.2) is 0 Å². The summed E-state index contributed by atoms with van der Waals surface area (Å²) in [5, 5.41) is 5.80. The highest BCUT2D eigenvalue weighted by atomic mass is 16.2. The van der Waals surface area contributed by atoms with Gasteiger partial charge in [0.05, 0.1) is 13.1 Å². The topological polar surface area (TPSA) is 61.4 Å². The molecular weight excluding hydrogens is 290 g/mol. The lowest BCUT2D eigenvalue weighted by Crippen LogP contribution is -2.42. The number of nitrogens with zero attached hydrogens (tertiary/aromatic N) is 1. The number of para-hydroxylation sites is 1. The molecule has 0 bridgehead atoms. The Morgan fingerprint density at radius 3 is 2.22 bits per heavy atom. The maximum atomic E-state index is 12.3. The molecule has 0 aliphatic rings. The fraction of sp³-hybridized carbons (Fsp3) is 0.556. The molecule has 1 aromatic carbocycles. The van der Waals surface area contributed by atoms with Gasteiger partial charge in [-0.1, -0.05) is 39.0 Å². The maximum Gasteiger partial charge on any atom is 0.238 e. The number of carbonyl (C=O) groups is 2.